The number of hydrogen-bond acceptors (Lipinski definition) is 4. The predicted octanol–water partition coefficient (Wildman–Crippen LogP) is 3.67. The van der Waals surface area contributed by atoms with Crippen molar-refractivity contribution in [3.63, 3.8) is 0 Å². The Balaban J connectivity index is 2.11. The molecule has 3 heterocycles. The van der Waals surface area contributed by atoms with Crippen LogP contribution >= 0.6 is 22.9 Å². The zero-order valence-electron chi connectivity index (χ0n) is 12.2. The van der Waals surface area contributed by atoms with Gasteiger partial charge in [-0.15, -0.1) is 11.3 Å². The summed E-state index contributed by atoms with van der Waals surface area (Å²) in [4.78, 5) is 19.8. The number of halogens is 1. The number of rotatable bonds is 0. The third kappa shape index (κ3) is 1.96. The normalized spacial score (nSPS) is 18.4. The van der Waals surface area contributed by atoms with E-state index in [4.69, 9.17) is 11.6 Å². The van der Waals surface area contributed by atoms with E-state index in [0.717, 1.165) is 38.1 Å². The van der Waals surface area contributed by atoms with Gasteiger partial charge in [-0.25, -0.2) is 4.98 Å². The van der Waals surface area contributed by atoms with Crippen LogP contribution in [0.3, 0.4) is 0 Å². The van der Waals surface area contributed by atoms with Crippen molar-refractivity contribution in [2.45, 2.75) is 13.0 Å². The van der Waals surface area contributed by atoms with E-state index in [0.29, 0.717) is 5.15 Å². The van der Waals surface area contributed by atoms with E-state index in [9.17, 15) is 4.79 Å². The molecule has 0 fully saturated rings. The molecule has 1 amide bonds. The topological polar surface area (TPSA) is 45.2 Å². The van der Waals surface area contributed by atoms with Crippen molar-refractivity contribution >= 4 is 55.5 Å². The summed E-state index contributed by atoms with van der Waals surface area (Å²) in [6, 6.07) is 7.88. The summed E-state index contributed by atoms with van der Waals surface area (Å²) in [5.41, 5.74) is 1.85. The summed E-state index contributed by atoms with van der Waals surface area (Å²) < 4.78 is 1.10. The van der Waals surface area contributed by atoms with Gasteiger partial charge in [-0.3, -0.25) is 4.79 Å². The second-order valence-electron chi connectivity index (χ2n) is 5.67. The maximum atomic E-state index is 12.5. The Morgan fingerprint density at radius 1 is 1.36 bits per heavy atom. The number of benzene rings is 1. The fraction of sp³-hybridized carbons (Fsp3) is 0.250. The minimum Gasteiger partial charge on any atom is -0.371 e. The summed E-state index contributed by atoms with van der Waals surface area (Å²) >= 11 is 7.53. The van der Waals surface area contributed by atoms with Crippen LogP contribution in [0.5, 0.6) is 0 Å². The van der Waals surface area contributed by atoms with Gasteiger partial charge in [-0.2, -0.15) is 0 Å². The molecule has 0 radical (unpaired) electrons. The van der Waals surface area contributed by atoms with E-state index in [-0.39, 0.29) is 11.9 Å². The average Bonchev–Trinajstić information content (AvgIpc) is 2.82. The molecule has 0 aliphatic carbocycles. The van der Waals surface area contributed by atoms with E-state index >= 15 is 0 Å². The lowest BCUT2D eigenvalue weighted by molar-refractivity contribution is 0.0949. The minimum absolute atomic E-state index is 0.00289. The molecule has 3 aromatic rings. The Labute approximate surface area is 136 Å². The number of fused-ring (bicyclic) bond motifs is 5. The molecule has 0 bridgehead atoms. The van der Waals surface area contributed by atoms with Crippen molar-refractivity contribution in [1.29, 1.82) is 0 Å². The van der Waals surface area contributed by atoms with Crippen molar-refractivity contribution in [3.8, 4) is 0 Å². The van der Waals surface area contributed by atoms with Crippen molar-refractivity contribution in [2.75, 3.05) is 18.5 Å². The first-order valence-corrected chi connectivity index (χ1v) is 8.28. The summed E-state index contributed by atoms with van der Waals surface area (Å²) in [7, 11) is 2.03. The number of hydrogen-bond donors (Lipinski definition) is 1. The molecule has 4 rings (SSSR count). The van der Waals surface area contributed by atoms with Gasteiger partial charge in [-0.1, -0.05) is 11.6 Å². The lowest BCUT2D eigenvalue weighted by Gasteiger charge is -2.20. The number of amides is 1. The largest absolute Gasteiger partial charge is 0.371 e. The number of anilines is 1. The van der Waals surface area contributed by atoms with Crippen LogP contribution in [0.25, 0.3) is 21.0 Å². The van der Waals surface area contributed by atoms with Gasteiger partial charge in [0, 0.05) is 35.1 Å². The van der Waals surface area contributed by atoms with E-state index in [1.54, 1.807) is 6.07 Å². The molecule has 112 valence electrons. The van der Waals surface area contributed by atoms with Gasteiger partial charge in [0.05, 0.1) is 11.2 Å². The first-order chi connectivity index (χ1) is 10.5. The number of thiophene rings is 1. The van der Waals surface area contributed by atoms with Gasteiger partial charge in [0.15, 0.2) is 0 Å². The van der Waals surface area contributed by atoms with E-state index in [1.165, 1.54) is 11.3 Å². The van der Waals surface area contributed by atoms with Crippen molar-refractivity contribution in [3.05, 3.63) is 34.3 Å². The monoisotopic (exact) mass is 331 g/mol. The number of carbonyl (C=O) groups is 1. The van der Waals surface area contributed by atoms with Crippen LogP contribution in [-0.2, 0) is 0 Å². The van der Waals surface area contributed by atoms with Gasteiger partial charge in [0.25, 0.3) is 5.91 Å². The molecular formula is C16H14ClN3OS. The molecule has 1 aliphatic heterocycles. The average molecular weight is 332 g/mol. The van der Waals surface area contributed by atoms with Crippen molar-refractivity contribution in [1.82, 2.24) is 10.3 Å². The van der Waals surface area contributed by atoms with Crippen LogP contribution in [0.15, 0.2) is 24.3 Å². The quantitative estimate of drug-likeness (QED) is 0.639. The third-order valence-corrected chi connectivity index (χ3v) is 5.33. The zero-order chi connectivity index (χ0) is 15.4. The fourth-order valence-electron chi connectivity index (χ4n) is 3.12. The van der Waals surface area contributed by atoms with E-state index in [1.807, 2.05) is 32.2 Å². The molecule has 6 heteroatoms. The number of aromatic nitrogens is 1. The summed E-state index contributed by atoms with van der Waals surface area (Å²) in [5.74, 6) is 0.00289. The van der Waals surface area contributed by atoms with Crippen molar-refractivity contribution < 1.29 is 4.79 Å². The Morgan fingerprint density at radius 3 is 3.00 bits per heavy atom. The maximum Gasteiger partial charge on any atom is 0.263 e. The number of nitrogens with one attached hydrogen (secondary N) is 1. The maximum absolute atomic E-state index is 12.5. The van der Waals surface area contributed by atoms with Crippen LogP contribution in [-0.4, -0.2) is 30.5 Å². The van der Waals surface area contributed by atoms with Gasteiger partial charge in [0.1, 0.15) is 10.0 Å². The Kier molecular flexibility index (Phi) is 3.03. The molecule has 1 N–H and O–H groups in total. The Bertz CT molecular complexity index is 921. The highest BCUT2D eigenvalue weighted by molar-refractivity contribution is 7.21. The van der Waals surface area contributed by atoms with E-state index in [2.05, 4.69) is 15.2 Å². The predicted molar refractivity (Wildman–Crippen MR) is 92.3 cm³/mol. The van der Waals surface area contributed by atoms with Crippen LogP contribution < -0.4 is 10.2 Å². The summed E-state index contributed by atoms with van der Waals surface area (Å²) in [5, 5.41) is 5.65. The van der Waals surface area contributed by atoms with Gasteiger partial charge >= 0.3 is 0 Å². The SMILES string of the molecule is C[C@@H]1CN(C)c2c(sc3ccc4nc(Cl)ccc4c23)C(=O)N1. The second kappa shape index (κ2) is 4.83. The molecule has 0 saturated carbocycles. The zero-order valence-corrected chi connectivity index (χ0v) is 13.8. The Hall–Kier alpha value is -1.85. The second-order valence-corrected chi connectivity index (χ2v) is 7.11. The highest BCUT2D eigenvalue weighted by Gasteiger charge is 2.27. The third-order valence-electron chi connectivity index (χ3n) is 3.98. The van der Waals surface area contributed by atoms with Crippen LogP contribution in [0.1, 0.15) is 16.6 Å². The number of nitrogens with zero attached hydrogens (tertiary/aromatic N) is 2. The first-order valence-electron chi connectivity index (χ1n) is 7.08. The first kappa shape index (κ1) is 13.8. The number of likely N-dealkylation sites (N-methyl/N-ethyl adjacent to an activating group) is 1. The van der Waals surface area contributed by atoms with Crippen LogP contribution in [0.2, 0.25) is 5.15 Å². The molecule has 1 atom stereocenters. The molecule has 22 heavy (non-hydrogen) atoms. The smallest absolute Gasteiger partial charge is 0.263 e. The molecule has 4 nitrogen and oxygen atoms in total. The highest BCUT2D eigenvalue weighted by atomic mass is 35.5. The highest BCUT2D eigenvalue weighted by Crippen LogP contribution is 2.42. The molecule has 0 spiro atoms. The molecular weight excluding hydrogens is 318 g/mol. The Morgan fingerprint density at radius 2 is 2.18 bits per heavy atom. The molecule has 1 aromatic carbocycles. The number of pyridine rings is 1. The molecule has 2 aromatic heterocycles. The molecule has 1 aliphatic rings. The summed E-state index contributed by atoms with van der Waals surface area (Å²) in [6.07, 6.45) is 0. The van der Waals surface area contributed by atoms with Crippen LogP contribution in [0.4, 0.5) is 5.69 Å². The fourth-order valence-corrected chi connectivity index (χ4v) is 4.44. The van der Waals surface area contributed by atoms with Crippen molar-refractivity contribution in [2.24, 2.45) is 0 Å². The number of carbonyl (C=O) groups excluding carboxylic acids is 1. The lowest BCUT2D eigenvalue weighted by Crippen LogP contribution is -2.36. The van der Waals surface area contributed by atoms with E-state index < -0.39 is 0 Å². The minimum atomic E-state index is 0.00289. The van der Waals surface area contributed by atoms with Gasteiger partial charge < -0.3 is 10.2 Å². The summed E-state index contributed by atoms with van der Waals surface area (Å²) in [6.45, 7) is 2.80. The standard InChI is InChI=1S/C16H14ClN3OS/c1-8-7-20(2)14-13-9-3-6-12(17)19-10(9)4-5-11(13)22-15(14)16(21)18-8/h3-6,8H,7H2,1-2H3,(H,18,21)/t8-/m1/s1. The lowest BCUT2D eigenvalue weighted by atomic mass is 10.1. The molecule has 0 unspecified atom stereocenters. The van der Waals surface area contributed by atoms with Crippen LogP contribution in [0, 0.1) is 0 Å². The molecule has 0 saturated heterocycles. The van der Waals surface area contributed by atoms with Gasteiger partial charge in [-0.05, 0) is 31.2 Å². The van der Waals surface area contributed by atoms with Gasteiger partial charge in [0.2, 0.25) is 0 Å².